The molecule has 2 aromatic heterocycles. The van der Waals surface area contributed by atoms with Crippen molar-refractivity contribution >= 4 is 16.3 Å². The normalized spacial score (nSPS) is 35.5. The van der Waals surface area contributed by atoms with Gasteiger partial charge in [-0.05, 0) is 63.3 Å². The first-order valence-electron chi connectivity index (χ1n) is 8.78. The van der Waals surface area contributed by atoms with E-state index in [0.29, 0.717) is 5.54 Å². The fourth-order valence-corrected chi connectivity index (χ4v) is 6.65. The van der Waals surface area contributed by atoms with Crippen LogP contribution in [-0.4, -0.2) is 26.9 Å². The predicted octanol–water partition coefficient (Wildman–Crippen LogP) is 3.16. The molecule has 122 valence electrons. The average molecular weight is 329 g/mol. The van der Waals surface area contributed by atoms with Crippen molar-refractivity contribution in [1.29, 1.82) is 0 Å². The van der Waals surface area contributed by atoms with Gasteiger partial charge in [-0.15, -0.1) is 11.3 Å². The Morgan fingerprint density at radius 2 is 1.91 bits per heavy atom. The first-order valence-corrected chi connectivity index (χ1v) is 9.66. The lowest BCUT2D eigenvalue weighted by Crippen LogP contribution is -2.58. The molecule has 4 saturated carbocycles. The molecule has 2 heterocycles. The largest absolute Gasteiger partial charge is 0.295 e. The summed E-state index contributed by atoms with van der Waals surface area (Å²) in [7, 11) is 2.26. The van der Waals surface area contributed by atoms with Gasteiger partial charge >= 0.3 is 0 Å². The monoisotopic (exact) mass is 329 g/mol. The third-order valence-electron chi connectivity index (χ3n) is 6.57. The van der Waals surface area contributed by atoms with Crippen molar-refractivity contribution in [3.8, 4) is 0 Å². The standard InChI is InChI=1S/C18H23N3OS/c1-20(11-15-7-16(22)21-2-3-23-17(21)19-15)18-8-12-4-13(9-18)6-14(5-12)10-18/h2-3,7,12-14H,4-6,8-11H2,1H3. The van der Waals surface area contributed by atoms with Gasteiger partial charge in [0.05, 0.1) is 5.69 Å². The SMILES string of the molecule is CN(Cc1cc(=O)n2ccsc2n1)C12CC3CC(CC(C3)C1)C2. The van der Waals surface area contributed by atoms with Crippen molar-refractivity contribution in [2.45, 2.75) is 50.6 Å². The van der Waals surface area contributed by atoms with Crippen LogP contribution in [0.4, 0.5) is 0 Å². The number of hydrogen-bond acceptors (Lipinski definition) is 4. The summed E-state index contributed by atoms with van der Waals surface area (Å²) in [5.74, 6) is 2.84. The van der Waals surface area contributed by atoms with Crippen molar-refractivity contribution in [3.63, 3.8) is 0 Å². The summed E-state index contributed by atoms with van der Waals surface area (Å²) >= 11 is 1.54. The molecule has 4 nitrogen and oxygen atoms in total. The van der Waals surface area contributed by atoms with Gasteiger partial charge in [0.2, 0.25) is 0 Å². The van der Waals surface area contributed by atoms with E-state index in [4.69, 9.17) is 4.98 Å². The molecule has 4 aliphatic carbocycles. The number of rotatable bonds is 3. The Kier molecular flexibility index (Phi) is 3.02. The Morgan fingerprint density at radius 3 is 2.57 bits per heavy atom. The van der Waals surface area contributed by atoms with Crippen molar-refractivity contribution in [2.24, 2.45) is 17.8 Å². The zero-order valence-electron chi connectivity index (χ0n) is 13.6. The summed E-state index contributed by atoms with van der Waals surface area (Å²) in [5, 5.41) is 1.93. The van der Waals surface area contributed by atoms with Crippen molar-refractivity contribution in [1.82, 2.24) is 14.3 Å². The maximum atomic E-state index is 12.2. The lowest BCUT2D eigenvalue weighted by atomic mass is 9.52. The molecule has 4 bridgehead atoms. The van der Waals surface area contributed by atoms with Gasteiger partial charge in [0, 0.05) is 29.7 Å². The van der Waals surface area contributed by atoms with E-state index >= 15 is 0 Å². The highest BCUT2D eigenvalue weighted by molar-refractivity contribution is 7.15. The second-order valence-corrected chi connectivity index (χ2v) is 9.01. The van der Waals surface area contributed by atoms with Gasteiger partial charge in [-0.1, -0.05) is 0 Å². The third kappa shape index (κ3) is 2.20. The molecule has 0 radical (unpaired) electrons. The Hall–Kier alpha value is -1.20. The molecule has 4 fully saturated rings. The van der Waals surface area contributed by atoms with Crippen molar-refractivity contribution in [2.75, 3.05) is 7.05 Å². The van der Waals surface area contributed by atoms with Crippen LogP contribution in [0.25, 0.3) is 4.96 Å². The molecule has 0 spiro atoms. The highest BCUT2D eigenvalue weighted by Gasteiger charge is 2.52. The summed E-state index contributed by atoms with van der Waals surface area (Å²) in [5.41, 5.74) is 1.35. The highest BCUT2D eigenvalue weighted by Crippen LogP contribution is 2.57. The Bertz CT molecular complexity index is 773. The molecule has 23 heavy (non-hydrogen) atoms. The van der Waals surface area contributed by atoms with E-state index in [1.807, 2.05) is 11.6 Å². The van der Waals surface area contributed by atoms with Gasteiger partial charge in [0.15, 0.2) is 4.96 Å². The van der Waals surface area contributed by atoms with E-state index in [1.54, 1.807) is 10.5 Å². The molecule has 4 aliphatic rings. The minimum atomic E-state index is 0.0464. The minimum absolute atomic E-state index is 0.0464. The Labute approximate surface area is 140 Å². The van der Waals surface area contributed by atoms with Crippen LogP contribution in [0.1, 0.15) is 44.2 Å². The van der Waals surface area contributed by atoms with Gasteiger partial charge in [-0.2, -0.15) is 0 Å². The van der Waals surface area contributed by atoms with Crippen LogP contribution in [0.5, 0.6) is 0 Å². The molecule has 5 heteroatoms. The second-order valence-electron chi connectivity index (χ2n) is 8.14. The zero-order chi connectivity index (χ0) is 15.6. The van der Waals surface area contributed by atoms with Gasteiger partial charge in [-0.25, -0.2) is 4.98 Å². The van der Waals surface area contributed by atoms with Crippen molar-refractivity contribution < 1.29 is 0 Å². The molecular weight excluding hydrogens is 306 g/mol. The van der Waals surface area contributed by atoms with Crippen LogP contribution in [0, 0.1) is 17.8 Å². The summed E-state index contributed by atoms with van der Waals surface area (Å²) in [6.45, 7) is 0.801. The summed E-state index contributed by atoms with van der Waals surface area (Å²) in [4.78, 5) is 20.2. The topological polar surface area (TPSA) is 37.6 Å². The fourth-order valence-electron chi connectivity index (χ4n) is 5.91. The molecule has 0 N–H and O–H groups in total. The average Bonchev–Trinajstić information content (AvgIpc) is 2.94. The molecule has 0 aromatic carbocycles. The van der Waals surface area contributed by atoms with E-state index in [-0.39, 0.29) is 5.56 Å². The smallest absolute Gasteiger partial charge is 0.258 e. The second kappa shape index (κ2) is 4.90. The van der Waals surface area contributed by atoms with Crippen LogP contribution in [0.15, 0.2) is 22.4 Å². The van der Waals surface area contributed by atoms with Crippen LogP contribution in [-0.2, 0) is 6.54 Å². The molecule has 0 unspecified atom stereocenters. The number of nitrogens with zero attached hydrogens (tertiary/aromatic N) is 3. The van der Waals surface area contributed by atoms with Gasteiger partial charge < -0.3 is 0 Å². The molecule has 6 rings (SSSR count). The summed E-state index contributed by atoms with van der Waals surface area (Å²) in [6.07, 6.45) is 10.3. The van der Waals surface area contributed by atoms with Crippen LogP contribution >= 0.6 is 11.3 Å². The quantitative estimate of drug-likeness (QED) is 0.868. The lowest BCUT2D eigenvalue weighted by Gasteiger charge is -2.60. The highest BCUT2D eigenvalue weighted by atomic mass is 32.1. The maximum Gasteiger partial charge on any atom is 0.258 e. The summed E-state index contributed by atoms with van der Waals surface area (Å²) < 4.78 is 1.64. The Morgan fingerprint density at radius 1 is 1.26 bits per heavy atom. The first kappa shape index (κ1) is 14.2. The van der Waals surface area contributed by atoms with E-state index in [0.717, 1.165) is 35.0 Å². The minimum Gasteiger partial charge on any atom is -0.295 e. The molecule has 2 aromatic rings. The summed E-state index contributed by atoms with van der Waals surface area (Å²) in [6, 6.07) is 1.72. The molecule has 0 amide bonds. The van der Waals surface area contributed by atoms with E-state index in [1.165, 1.54) is 49.9 Å². The molecule has 0 saturated heterocycles. The Balaban J connectivity index is 1.44. The predicted molar refractivity (Wildman–Crippen MR) is 91.7 cm³/mol. The van der Waals surface area contributed by atoms with Crippen LogP contribution in [0.3, 0.4) is 0 Å². The van der Waals surface area contributed by atoms with Crippen LogP contribution in [0.2, 0.25) is 0 Å². The number of fused-ring (bicyclic) bond motifs is 1. The third-order valence-corrected chi connectivity index (χ3v) is 7.33. The molecule has 0 atom stereocenters. The van der Waals surface area contributed by atoms with E-state index in [9.17, 15) is 4.79 Å². The number of hydrogen-bond donors (Lipinski definition) is 0. The fraction of sp³-hybridized carbons (Fsp3) is 0.667. The van der Waals surface area contributed by atoms with Gasteiger partial charge in [0.1, 0.15) is 0 Å². The lowest BCUT2D eigenvalue weighted by molar-refractivity contribution is -0.0825. The van der Waals surface area contributed by atoms with Crippen LogP contribution < -0.4 is 5.56 Å². The number of thiazole rings is 1. The van der Waals surface area contributed by atoms with Gasteiger partial charge in [-0.3, -0.25) is 14.1 Å². The van der Waals surface area contributed by atoms with E-state index in [2.05, 4.69) is 11.9 Å². The first-order chi connectivity index (χ1) is 11.1. The molecule has 0 aliphatic heterocycles. The molecular formula is C18H23N3OS. The number of aromatic nitrogens is 2. The van der Waals surface area contributed by atoms with Crippen molar-refractivity contribution in [3.05, 3.63) is 33.7 Å². The zero-order valence-corrected chi connectivity index (χ0v) is 14.4. The van der Waals surface area contributed by atoms with Gasteiger partial charge in [0.25, 0.3) is 5.56 Å². The maximum absolute atomic E-state index is 12.2. The van der Waals surface area contributed by atoms with E-state index < -0.39 is 0 Å².